The van der Waals surface area contributed by atoms with Gasteiger partial charge in [-0.25, -0.2) is 0 Å². The summed E-state index contributed by atoms with van der Waals surface area (Å²) >= 11 is 0. The van der Waals surface area contributed by atoms with Gasteiger partial charge in [0.25, 0.3) is 0 Å². The molecule has 1 N–H and O–H groups in total. The molecule has 1 unspecified atom stereocenters. The lowest BCUT2D eigenvalue weighted by atomic mass is 10.5. The summed E-state index contributed by atoms with van der Waals surface area (Å²) in [7, 11) is -2.94. The summed E-state index contributed by atoms with van der Waals surface area (Å²) in [4.78, 5) is 7.96. The third kappa shape index (κ3) is 11.3. The van der Waals surface area contributed by atoms with Gasteiger partial charge in [0.2, 0.25) is 0 Å². The van der Waals surface area contributed by atoms with Crippen molar-refractivity contribution in [1.82, 2.24) is 0 Å². The van der Waals surface area contributed by atoms with Crippen molar-refractivity contribution in [1.29, 1.82) is 0 Å². The zero-order valence-electron chi connectivity index (χ0n) is 4.40. The first kappa shape index (κ1) is 13.1. The average Bonchev–Trinajstić information content (AvgIpc) is 1.59. The molecule has 0 fully saturated rings. The predicted molar refractivity (Wildman–Crippen MR) is 36.7 cm³/mol. The van der Waals surface area contributed by atoms with Crippen LogP contribution in [-0.2, 0) is 4.57 Å². The molecule has 0 bridgehead atoms. The molecule has 1 atom stereocenters. The molecule has 2 nitrogen and oxygen atoms in total. The first-order valence-corrected chi connectivity index (χ1v) is 3.76. The van der Waals surface area contributed by atoms with Gasteiger partial charge in [-0.05, 0) is 0 Å². The molecule has 10 heavy (non-hydrogen) atoms. The highest BCUT2D eigenvalue weighted by atomic mass is 31.1. The highest BCUT2D eigenvalue weighted by molar-refractivity contribution is 7.37. The standard InChI is InChI=1S/C3H6F3O2P.Al.3H/c4-3(5,6)1-2-9(7)8;;;;/h9H,1-2H2,(H,7,8);;;;. The Morgan fingerprint density at radius 2 is 1.80 bits per heavy atom. The molecule has 0 saturated carbocycles. The Labute approximate surface area is 67.4 Å². The van der Waals surface area contributed by atoms with Gasteiger partial charge in [0.1, 0.15) is 0 Å². The summed E-state index contributed by atoms with van der Waals surface area (Å²) in [6.45, 7) is 0. The van der Waals surface area contributed by atoms with Gasteiger partial charge in [-0.3, -0.25) is 4.57 Å². The summed E-state index contributed by atoms with van der Waals surface area (Å²) in [6.07, 6.45) is -6.13. The topological polar surface area (TPSA) is 37.3 Å². The molecule has 0 aliphatic rings. The molecule has 0 aromatic carbocycles. The quantitative estimate of drug-likeness (QED) is 0.502. The van der Waals surface area contributed by atoms with Gasteiger partial charge in [-0.15, -0.1) is 0 Å². The van der Waals surface area contributed by atoms with Crippen LogP contribution >= 0.6 is 8.03 Å². The van der Waals surface area contributed by atoms with Crippen LogP contribution in [0.25, 0.3) is 0 Å². The second-order valence-corrected chi connectivity index (χ2v) is 2.80. The molecule has 0 amide bonds. The van der Waals surface area contributed by atoms with Crippen LogP contribution in [0.4, 0.5) is 13.2 Å². The molecule has 7 heteroatoms. The Kier molecular flexibility index (Phi) is 6.83. The minimum Gasteiger partial charge on any atom is -0.346 e. The Morgan fingerprint density at radius 3 is 1.90 bits per heavy atom. The van der Waals surface area contributed by atoms with Crippen molar-refractivity contribution in [2.24, 2.45) is 0 Å². The monoisotopic (exact) mass is 192 g/mol. The molecule has 0 aromatic rings. The Morgan fingerprint density at radius 1 is 1.40 bits per heavy atom. The summed E-state index contributed by atoms with van der Waals surface area (Å²) < 4.78 is 43.3. The smallest absolute Gasteiger partial charge is 0.346 e. The number of hydrogen-bond donors (Lipinski definition) is 1. The van der Waals surface area contributed by atoms with E-state index in [-0.39, 0.29) is 17.4 Å². The molecule has 0 radical (unpaired) electrons. The Bertz CT molecular complexity index is 115. The molecule has 62 valence electrons. The molecule has 0 rings (SSSR count). The SMILES string of the molecule is O=[PH](O)CCC(F)(F)F.[AlH3]. The van der Waals surface area contributed by atoms with E-state index in [1.807, 2.05) is 0 Å². The molecule has 0 heterocycles. The van der Waals surface area contributed by atoms with Gasteiger partial charge in [0.15, 0.2) is 25.4 Å². The van der Waals surface area contributed by atoms with Crippen molar-refractivity contribution >= 4 is 25.4 Å². The maximum atomic E-state index is 11.2. The first-order chi connectivity index (χ1) is 3.92. The van der Waals surface area contributed by atoms with E-state index < -0.39 is 26.8 Å². The fourth-order valence-electron chi connectivity index (χ4n) is 0.249. The molecule has 0 saturated heterocycles. The Balaban J connectivity index is 0. The van der Waals surface area contributed by atoms with Gasteiger partial charge in [-0.2, -0.15) is 13.2 Å². The van der Waals surface area contributed by atoms with E-state index in [2.05, 4.69) is 0 Å². The summed E-state index contributed by atoms with van der Waals surface area (Å²) in [5.74, 6) is 0. The van der Waals surface area contributed by atoms with Gasteiger partial charge >= 0.3 is 6.18 Å². The molecular formula is C3H9AlF3O2P. The van der Waals surface area contributed by atoms with Crippen molar-refractivity contribution in [2.75, 3.05) is 6.16 Å². The van der Waals surface area contributed by atoms with E-state index in [0.717, 1.165) is 0 Å². The minimum atomic E-state index is -4.30. The van der Waals surface area contributed by atoms with Crippen LogP contribution in [0, 0.1) is 0 Å². The van der Waals surface area contributed by atoms with E-state index in [0.29, 0.717) is 0 Å². The van der Waals surface area contributed by atoms with Crippen molar-refractivity contribution in [3.05, 3.63) is 0 Å². The van der Waals surface area contributed by atoms with E-state index in [1.165, 1.54) is 0 Å². The fourth-order valence-corrected chi connectivity index (χ4v) is 0.746. The second-order valence-electron chi connectivity index (χ2n) is 1.51. The lowest BCUT2D eigenvalue weighted by Gasteiger charge is -2.01. The number of rotatable bonds is 2. The van der Waals surface area contributed by atoms with Crippen molar-refractivity contribution in [3.63, 3.8) is 0 Å². The highest BCUT2D eigenvalue weighted by Gasteiger charge is 2.26. The van der Waals surface area contributed by atoms with Crippen LogP contribution in [-0.4, -0.2) is 34.6 Å². The van der Waals surface area contributed by atoms with Crippen LogP contribution < -0.4 is 0 Å². The zero-order chi connectivity index (χ0) is 7.49. The number of hydrogen-bond acceptors (Lipinski definition) is 1. The van der Waals surface area contributed by atoms with E-state index >= 15 is 0 Å². The van der Waals surface area contributed by atoms with Crippen molar-refractivity contribution < 1.29 is 22.6 Å². The average molecular weight is 192 g/mol. The molecule has 0 aromatic heterocycles. The summed E-state index contributed by atoms with van der Waals surface area (Å²) in [6, 6.07) is 0. The van der Waals surface area contributed by atoms with Crippen LogP contribution in [0.1, 0.15) is 6.42 Å². The van der Waals surface area contributed by atoms with Crippen LogP contribution in [0.5, 0.6) is 0 Å². The van der Waals surface area contributed by atoms with E-state index in [1.54, 1.807) is 0 Å². The maximum Gasteiger partial charge on any atom is 0.389 e. The van der Waals surface area contributed by atoms with Gasteiger partial charge < -0.3 is 4.89 Å². The van der Waals surface area contributed by atoms with Gasteiger partial charge in [0.05, 0.1) is 6.42 Å². The largest absolute Gasteiger partial charge is 0.389 e. The number of alkyl halides is 3. The molecule has 0 spiro atoms. The summed E-state index contributed by atoms with van der Waals surface area (Å²) in [5.41, 5.74) is 0. The van der Waals surface area contributed by atoms with Gasteiger partial charge in [-0.1, -0.05) is 0 Å². The molecular weight excluding hydrogens is 183 g/mol. The van der Waals surface area contributed by atoms with Crippen molar-refractivity contribution in [2.45, 2.75) is 12.6 Å². The normalized spacial score (nSPS) is 14.0. The summed E-state index contributed by atoms with van der Waals surface area (Å²) in [5, 5.41) is 0. The second kappa shape index (κ2) is 5.20. The third-order valence-electron chi connectivity index (χ3n) is 0.622. The van der Waals surface area contributed by atoms with E-state index in [9.17, 15) is 17.7 Å². The lowest BCUT2D eigenvalue weighted by molar-refractivity contribution is -0.130. The number of halogens is 3. The molecule has 0 aliphatic heterocycles. The predicted octanol–water partition coefficient (Wildman–Crippen LogP) is 0.222. The molecule has 0 aliphatic carbocycles. The van der Waals surface area contributed by atoms with Crippen molar-refractivity contribution in [3.8, 4) is 0 Å². The maximum absolute atomic E-state index is 11.2. The van der Waals surface area contributed by atoms with Crippen LogP contribution in [0.3, 0.4) is 0 Å². The third-order valence-corrected chi connectivity index (χ3v) is 1.30. The van der Waals surface area contributed by atoms with Gasteiger partial charge in [0, 0.05) is 6.16 Å². The lowest BCUT2D eigenvalue weighted by Crippen LogP contribution is -2.07. The minimum absolute atomic E-state index is 0. The highest BCUT2D eigenvalue weighted by Crippen LogP contribution is 2.25. The van der Waals surface area contributed by atoms with Crippen LogP contribution in [0.15, 0.2) is 0 Å². The fraction of sp³-hybridized carbons (Fsp3) is 1.00. The zero-order valence-corrected chi connectivity index (χ0v) is 5.40. The van der Waals surface area contributed by atoms with E-state index in [4.69, 9.17) is 4.89 Å². The van der Waals surface area contributed by atoms with Crippen LogP contribution in [0.2, 0.25) is 0 Å². The first-order valence-electron chi connectivity index (χ1n) is 2.20. The Hall–Kier alpha value is 0.512.